The molecular formula is C23H21NO4S2. The van der Waals surface area contributed by atoms with Gasteiger partial charge in [-0.15, -0.1) is 11.3 Å². The normalized spacial score (nSPS) is 15.9. The Morgan fingerprint density at radius 1 is 1.17 bits per heavy atom. The van der Waals surface area contributed by atoms with E-state index in [1.54, 1.807) is 35.7 Å². The van der Waals surface area contributed by atoms with Gasteiger partial charge in [0.25, 0.3) is 0 Å². The van der Waals surface area contributed by atoms with Crippen LogP contribution in [-0.4, -0.2) is 20.9 Å². The van der Waals surface area contributed by atoms with E-state index in [1.807, 2.05) is 31.2 Å². The smallest absolute Gasteiger partial charge is 0.225 e. The molecule has 0 fully saturated rings. The van der Waals surface area contributed by atoms with E-state index in [9.17, 15) is 13.2 Å². The van der Waals surface area contributed by atoms with Crippen LogP contribution in [0.25, 0.3) is 0 Å². The highest BCUT2D eigenvalue weighted by Crippen LogP contribution is 2.46. The number of nitrogens with one attached hydrogen (secondary N) is 1. The second-order valence-corrected chi connectivity index (χ2v) is 9.96. The summed E-state index contributed by atoms with van der Waals surface area (Å²) in [6.07, 6.45) is 1.94. The summed E-state index contributed by atoms with van der Waals surface area (Å²) in [6, 6.07) is 14.3. The molecule has 3 aromatic rings. The number of hydrogen-bond donors (Lipinski definition) is 1. The number of thiophene rings is 1. The summed E-state index contributed by atoms with van der Waals surface area (Å²) in [5.41, 5.74) is 2.32. The van der Waals surface area contributed by atoms with Crippen molar-refractivity contribution in [2.45, 2.75) is 29.1 Å². The Bertz CT molecular complexity index is 1190. The third-order valence-corrected chi connectivity index (χ3v) is 8.07. The van der Waals surface area contributed by atoms with Gasteiger partial charge in [-0.1, -0.05) is 42.5 Å². The fourth-order valence-corrected chi connectivity index (χ4v) is 6.38. The van der Waals surface area contributed by atoms with Crippen LogP contribution in [0.2, 0.25) is 0 Å². The molecule has 0 bridgehead atoms. The summed E-state index contributed by atoms with van der Waals surface area (Å²) in [5, 5.41) is 4.42. The number of anilines is 1. The molecule has 2 heterocycles. The topological polar surface area (TPSA) is 72.5 Å². The van der Waals surface area contributed by atoms with Gasteiger partial charge >= 0.3 is 0 Å². The number of sulfone groups is 1. The van der Waals surface area contributed by atoms with Crippen LogP contribution < -0.4 is 10.1 Å². The monoisotopic (exact) mass is 439 g/mol. The second-order valence-electron chi connectivity index (χ2n) is 7.13. The Balaban J connectivity index is 1.72. The highest BCUT2D eigenvalue weighted by atomic mass is 32.2. The van der Waals surface area contributed by atoms with Gasteiger partial charge in [0.15, 0.2) is 0 Å². The van der Waals surface area contributed by atoms with Gasteiger partial charge in [-0.3, -0.25) is 4.79 Å². The van der Waals surface area contributed by atoms with Gasteiger partial charge in [-0.25, -0.2) is 8.42 Å². The number of carbonyl (C=O) groups excluding carboxylic acids is 1. The predicted molar refractivity (Wildman–Crippen MR) is 118 cm³/mol. The van der Waals surface area contributed by atoms with Crippen LogP contribution in [0.4, 0.5) is 5.69 Å². The minimum atomic E-state index is -3.73. The van der Waals surface area contributed by atoms with E-state index >= 15 is 0 Å². The molecule has 1 N–H and O–H groups in total. The maximum absolute atomic E-state index is 13.2. The molecule has 5 nitrogen and oxygen atoms in total. The predicted octanol–water partition coefficient (Wildman–Crippen LogP) is 4.93. The number of ether oxygens (including phenoxy) is 1. The van der Waals surface area contributed by atoms with E-state index in [0.717, 1.165) is 16.0 Å². The van der Waals surface area contributed by atoms with Gasteiger partial charge in [0.1, 0.15) is 17.3 Å². The SMILES string of the molecule is C=CCOc1ccc(C2CC(=O)Nc3c(S(=O)(=O)c4ccc(C)cc4)csc32)cc1. The summed E-state index contributed by atoms with van der Waals surface area (Å²) in [6.45, 7) is 5.95. The largest absolute Gasteiger partial charge is 0.490 e. The number of amides is 1. The number of carbonyl (C=O) groups is 1. The minimum Gasteiger partial charge on any atom is -0.490 e. The summed E-state index contributed by atoms with van der Waals surface area (Å²) in [5.74, 6) is 0.320. The first-order valence-corrected chi connectivity index (χ1v) is 11.8. The van der Waals surface area contributed by atoms with Crippen molar-refractivity contribution in [2.24, 2.45) is 0 Å². The molecule has 4 rings (SSSR count). The summed E-state index contributed by atoms with van der Waals surface area (Å²) >= 11 is 1.36. The summed E-state index contributed by atoms with van der Waals surface area (Å²) in [7, 11) is -3.73. The molecule has 1 amide bonds. The molecule has 0 radical (unpaired) electrons. The van der Waals surface area contributed by atoms with Crippen molar-refractivity contribution < 1.29 is 17.9 Å². The molecule has 2 aromatic carbocycles. The molecule has 1 aliphatic heterocycles. The molecule has 7 heteroatoms. The molecular weight excluding hydrogens is 418 g/mol. The first-order chi connectivity index (χ1) is 14.4. The van der Waals surface area contributed by atoms with Crippen LogP contribution in [0.5, 0.6) is 5.75 Å². The van der Waals surface area contributed by atoms with Crippen molar-refractivity contribution in [3.63, 3.8) is 0 Å². The lowest BCUT2D eigenvalue weighted by atomic mass is 9.90. The molecule has 30 heavy (non-hydrogen) atoms. The van der Waals surface area contributed by atoms with Crippen molar-refractivity contribution >= 4 is 32.8 Å². The summed E-state index contributed by atoms with van der Waals surface area (Å²) < 4.78 is 31.9. The van der Waals surface area contributed by atoms with Gasteiger partial charge < -0.3 is 10.1 Å². The standard InChI is InChI=1S/C23H21NO4S2/c1-3-12-28-17-8-6-16(7-9-17)19-13-21(25)24-22-20(14-29-23(19)22)30(26,27)18-10-4-15(2)5-11-18/h3-11,14,19H,1,12-13H2,2H3,(H,24,25). The van der Waals surface area contributed by atoms with Gasteiger partial charge in [0.2, 0.25) is 15.7 Å². The van der Waals surface area contributed by atoms with Crippen molar-refractivity contribution in [3.8, 4) is 5.75 Å². The van der Waals surface area contributed by atoms with Crippen molar-refractivity contribution in [1.82, 2.24) is 0 Å². The van der Waals surface area contributed by atoms with Crippen LogP contribution >= 0.6 is 11.3 Å². The van der Waals surface area contributed by atoms with Crippen molar-refractivity contribution in [3.05, 3.63) is 82.6 Å². The lowest BCUT2D eigenvalue weighted by molar-refractivity contribution is -0.116. The van der Waals surface area contributed by atoms with E-state index in [1.165, 1.54) is 11.3 Å². The second kappa shape index (κ2) is 8.08. The van der Waals surface area contributed by atoms with E-state index < -0.39 is 9.84 Å². The molecule has 0 aliphatic carbocycles. The van der Waals surface area contributed by atoms with E-state index in [2.05, 4.69) is 11.9 Å². The third kappa shape index (κ3) is 3.78. The zero-order valence-corrected chi connectivity index (χ0v) is 18.1. The Morgan fingerprint density at radius 2 is 1.87 bits per heavy atom. The van der Waals surface area contributed by atoms with Crippen LogP contribution in [0.1, 0.15) is 28.3 Å². The highest BCUT2D eigenvalue weighted by molar-refractivity contribution is 7.91. The van der Waals surface area contributed by atoms with Crippen molar-refractivity contribution in [1.29, 1.82) is 0 Å². The molecule has 1 aliphatic rings. The zero-order chi connectivity index (χ0) is 21.3. The highest BCUT2D eigenvalue weighted by Gasteiger charge is 2.34. The van der Waals surface area contributed by atoms with Crippen LogP contribution in [0, 0.1) is 6.92 Å². The molecule has 0 spiro atoms. The molecule has 0 saturated carbocycles. The van der Waals surface area contributed by atoms with E-state index in [0.29, 0.717) is 18.0 Å². The minimum absolute atomic E-state index is 0.148. The molecule has 1 atom stereocenters. The Morgan fingerprint density at radius 3 is 2.53 bits per heavy atom. The Hall–Kier alpha value is -2.90. The maximum Gasteiger partial charge on any atom is 0.225 e. The summed E-state index contributed by atoms with van der Waals surface area (Å²) in [4.78, 5) is 13.7. The fraction of sp³-hybridized carbons (Fsp3) is 0.174. The van der Waals surface area contributed by atoms with Gasteiger partial charge in [-0.2, -0.15) is 0 Å². The third-order valence-electron chi connectivity index (χ3n) is 5.03. The van der Waals surface area contributed by atoms with Crippen LogP contribution in [-0.2, 0) is 14.6 Å². The number of aryl methyl sites for hydroxylation is 1. The average Bonchev–Trinajstić information content (AvgIpc) is 3.17. The van der Waals surface area contributed by atoms with Gasteiger partial charge in [0.05, 0.1) is 10.6 Å². The fourth-order valence-electron chi connectivity index (χ4n) is 3.47. The van der Waals surface area contributed by atoms with Gasteiger partial charge in [-0.05, 0) is 36.8 Å². The maximum atomic E-state index is 13.2. The molecule has 1 unspecified atom stereocenters. The lowest BCUT2D eigenvalue weighted by Gasteiger charge is -2.24. The number of benzene rings is 2. The van der Waals surface area contributed by atoms with E-state index in [4.69, 9.17) is 4.74 Å². The van der Waals surface area contributed by atoms with E-state index in [-0.39, 0.29) is 28.0 Å². The Labute approximate surface area is 179 Å². The van der Waals surface area contributed by atoms with Crippen molar-refractivity contribution in [2.75, 3.05) is 11.9 Å². The van der Waals surface area contributed by atoms with Gasteiger partial charge in [0, 0.05) is 22.6 Å². The van der Waals surface area contributed by atoms with Crippen LogP contribution in [0.15, 0.2) is 76.4 Å². The zero-order valence-electron chi connectivity index (χ0n) is 16.4. The molecule has 154 valence electrons. The lowest BCUT2D eigenvalue weighted by Crippen LogP contribution is -2.23. The molecule has 0 saturated heterocycles. The first kappa shape index (κ1) is 20.4. The number of rotatable bonds is 6. The molecule has 1 aromatic heterocycles. The quantitative estimate of drug-likeness (QED) is 0.553. The first-order valence-electron chi connectivity index (χ1n) is 9.47. The number of fused-ring (bicyclic) bond motifs is 1. The van der Waals surface area contributed by atoms with Crippen LogP contribution in [0.3, 0.4) is 0 Å². The Kier molecular flexibility index (Phi) is 5.49. The average molecular weight is 440 g/mol. The number of hydrogen-bond acceptors (Lipinski definition) is 5.